The van der Waals surface area contributed by atoms with Crippen molar-refractivity contribution in [1.29, 1.82) is 0 Å². The first-order valence-corrected chi connectivity index (χ1v) is 21.8. The van der Waals surface area contributed by atoms with Gasteiger partial charge in [-0.1, -0.05) is 15.5 Å². The van der Waals surface area contributed by atoms with Gasteiger partial charge >= 0.3 is 61.1 Å². The number of amides is 4. The summed E-state index contributed by atoms with van der Waals surface area (Å²) in [5.41, 5.74) is -1.48. The minimum Gasteiger partial charge on any atom is -0.870 e. The zero-order valence-corrected chi connectivity index (χ0v) is 47.1. The van der Waals surface area contributed by atoms with Crippen molar-refractivity contribution >= 4 is 67.2 Å². The van der Waals surface area contributed by atoms with Crippen LogP contribution in [0.4, 0.5) is 19.2 Å². The molecule has 28 nitrogen and oxygen atoms in total. The molecule has 0 saturated heterocycles. The number of aldehydes is 1. The Morgan fingerprint density at radius 2 is 0.987 bits per heavy atom. The minimum atomic E-state index is -1.21. The molecule has 0 saturated carbocycles. The molecule has 2 heterocycles. The summed E-state index contributed by atoms with van der Waals surface area (Å²) in [6.07, 6.45) is 4.21. The van der Waals surface area contributed by atoms with Crippen molar-refractivity contribution in [2.24, 2.45) is 11.1 Å². The molecule has 0 aliphatic heterocycles. The van der Waals surface area contributed by atoms with Crippen molar-refractivity contribution in [1.82, 2.24) is 31.6 Å². The van der Waals surface area contributed by atoms with Crippen molar-refractivity contribution < 1.29 is 116 Å². The first-order valence-electron chi connectivity index (χ1n) is 21.8. The fraction of sp³-hybridized carbons (Fsp3) is 0.622. The summed E-state index contributed by atoms with van der Waals surface area (Å²) in [7, 11) is 0. The molecule has 0 aliphatic rings. The molecule has 2 aromatic heterocycles. The Bertz CT molecular complexity index is 2030. The Balaban J connectivity index is -0.000000156. The normalized spacial score (nSPS) is 11.8. The molecule has 10 N–H and O–H groups in total. The van der Waals surface area contributed by atoms with Crippen LogP contribution < -0.4 is 46.0 Å². The van der Waals surface area contributed by atoms with E-state index in [2.05, 4.69) is 58.3 Å². The average Bonchev–Trinajstić information content (AvgIpc) is 3.92. The van der Waals surface area contributed by atoms with Gasteiger partial charge in [0.15, 0.2) is 0 Å². The molecule has 75 heavy (non-hydrogen) atoms. The van der Waals surface area contributed by atoms with Gasteiger partial charge in [0, 0.05) is 18.1 Å². The van der Waals surface area contributed by atoms with Crippen LogP contribution in [0.2, 0.25) is 0 Å². The van der Waals surface area contributed by atoms with Gasteiger partial charge in [-0.05, 0) is 125 Å². The van der Waals surface area contributed by atoms with Crippen LogP contribution in [-0.4, -0.2) is 134 Å². The van der Waals surface area contributed by atoms with E-state index in [4.69, 9.17) is 43.7 Å². The fourth-order valence-electron chi connectivity index (χ4n) is 3.83. The molecule has 30 heteroatoms. The molecule has 0 aliphatic carbocycles. The van der Waals surface area contributed by atoms with E-state index in [1.165, 1.54) is 18.3 Å². The second-order valence-electron chi connectivity index (χ2n) is 18.1. The van der Waals surface area contributed by atoms with Crippen LogP contribution in [0.5, 0.6) is 0 Å². The van der Waals surface area contributed by atoms with Crippen molar-refractivity contribution in [2.45, 2.75) is 171 Å². The van der Waals surface area contributed by atoms with Crippen LogP contribution in [-0.2, 0) is 38.0 Å². The van der Waals surface area contributed by atoms with Crippen molar-refractivity contribution in [2.75, 3.05) is 13.2 Å². The number of esters is 2. The largest absolute Gasteiger partial charge is 1.00 e. The molecule has 4 atom stereocenters. The van der Waals surface area contributed by atoms with Crippen molar-refractivity contribution in [3.63, 3.8) is 0 Å². The molecule has 0 radical (unpaired) electrons. The summed E-state index contributed by atoms with van der Waals surface area (Å²) in [5, 5.41) is 43.4. The first kappa shape index (κ1) is 82.4. The van der Waals surface area contributed by atoms with Crippen LogP contribution in [0.25, 0.3) is 0 Å². The predicted molar refractivity (Wildman–Crippen MR) is 266 cm³/mol. The number of carboxylic acids is 1. The number of oxime groups is 1. The van der Waals surface area contributed by atoms with E-state index in [-0.39, 0.29) is 60.9 Å². The van der Waals surface area contributed by atoms with Gasteiger partial charge in [-0.25, -0.2) is 39.5 Å². The van der Waals surface area contributed by atoms with Crippen molar-refractivity contribution in [3.8, 4) is 12.3 Å². The number of carboxylic acid groups (broad SMARTS) is 1. The standard InChI is InChI=1S/C13H20N2O5.C11H16N2O5.C8H16N2O3.C8H15NO3.C5H6O2.ClH.Li.H3NO.H2O/c1-6-18-11(16)10-7-9(15-20-10)8(2)14-12(17)19-13(3,4)5;1-6(12-10(16)17-11(2,3)4)7-5-8(9(14)15)18-13-7;1-6(5-9-12)10-7(11)13-8(2,3)4;1-6(5-10)9-7(11)12-8(2,3)4;1-3-5(6)7-4-2;;;1-2;/h7-8H,6H2,1-5H3,(H,14,17);5-6H,1-4H3,(H,12,16)(H,14,15);5-6,12H,1-4H3,(H,10,11);5-6H,1-4H3,(H,9,11);1H,4H2,2H3;1H;;2H,1H2;1H2/q;;;;;;+1;;/p-1/t8-;3*6-;;;;;/m0000...../s1. The third kappa shape index (κ3) is 49.4. The number of carbonyl (C=O) groups is 8. The molecular weight excluding hydrogens is 1010 g/mol. The third-order valence-electron chi connectivity index (χ3n) is 6.47. The van der Waals surface area contributed by atoms with Crippen molar-refractivity contribution in [3.05, 3.63) is 35.0 Å². The predicted octanol–water partition coefficient (Wildman–Crippen LogP) is 3.62. The number of nitrogens with two attached hydrogens (primary N) is 1. The summed E-state index contributed by atoms with van der Waals surface area (Å²) in [4.78, 5) is 87.2. The number of halogens is 1. The van der Waals surface area contributed by atoms with Gasteiger partial charge in [0.25, 0.3) is 0 Å². The molecular formula is C45H78ClLiN8O20. The number of nitrogens with one attached hydrogen (secondary N) is 4. The number of aromatic nitrogens is 2. The van der Waals surface area contributed by atoms with E-state index >= 15 is 0 Å². The molecule has 0 spiro atoms. The monoisotopic (exact) mass is 1090 g/mol. The Labute approximate surface area is 455 Å². The summed E-state index contributed by atoms with van der Waals surface area (Å²) in [5.74, 6) is 2.64. The van der Waals surface area contributed by atoms with Crippen LogP contribution in [0.15, 0.2) is 26.3 Å². The van der Waals surface area contributed by atoms with Gasteiger partial charge in [-0.3, -0.25) is 0 Å². The maximum absolute atomic E-state index is 11.6. The summed E-state index contributed by atoms with van der Waals surface area (Å²) in [6, 6.07) is 0.887. The van der Waals surface area contributed by atoms with Gasteiger partial charge in [0.1, 0.15) is 40.1 Å². The number of terminal acetylenes is 1. The number of hydrogen-bond acceptors (Lipinski definition) is 23. The minimum absolute atomic E-state index is 0. The second-order valence-corrected chi connectivity index (χ2v) is 18.1. The quantitative estimate of drug-likeness (QED) is 0.0173. The van der Waals surface area contributed by atoms with Gasteiger partial charge in [0.05, 0.1) is 43.6 Å². The molecule has 0 fully saturated rings. The van der Waals surface area contributed by atoms with E-state index in [9.17, 15) is 38.4 Å². The number of carbonyl (C=O) groups excluding carboxylic acids is 7. The summed E-state index contributed by atoms with van der Waals surface area (Å²) >= 11 is 0. The second kappa shape index (κ2) is 41.7. The van der Waals surface area contributed by atoms with Gasteiger partial charge in [-0.2, -0.15) is 0 Å². The number of nitrogens with zero attached hydrogens (tertiary/aromatic N) is 3. The maximum Gasteiger partial charge on any atom is 1.00 e. The molecule has 0 bridgehead atoms. The Morgan fingerprint density at radius 1 is 0.667 bits per heavy atom. The summed E-state index contributed by atoms with van der Waals surface area (Å²) < 4.78 is 38.6. The van der Waals surface area contributed by atoms with Gasteiger partial charge in [0.2, 0.25) is 11.5 Å². The Kier molecular flexibility index (Phi) is 45.8. The van der Waals surface area contributed by atoms with E-state index in [1.54, 1.807) is 131 Å². The SMILES string of the molecule is C#CC(=O)OCC.CCOC(=O)c1cc([C@H](C)NC(=O)OC(C)(C)C)no1.C[C@@H](C=NO)NC(=O)OC(C)(C)C.C[C@@H](C=O)NC(=O)OC(C)(C)C.C[C@H](NC(=O)OC(C)(C)C)c1cc(C(=O)O)on1.Cl.NO.[Li+].[OH-]. The van der Waals surface area contributed by atoms with E-state index in [0.29, 0.717) is 24.3 Å². The number of aromatic carboxylic acids is 1. The number of rotatable bonds is 12. The topological polar surface area (TPSA) is 421 Å². The average molecular weight is 1090 g/mol. The van der Waals surface area contributed by atoms with E-state index < -0.39 is 82.8 Å². The zero-order valence-electron chi connectivity index (χ0n) is 46.3. The molecule has 426 valence electrons. The maximum atomic E-state index is 11.6. The molecule has 4 amide bonds. The number of hydrogen-bond donors (Lipinski definition) is 8. The Hall–Kier alpha value is -6.62. The fourth-order valence-corrected chi connectivity index (χ4v) is 3.83. The molecule has 0 unspecified atom stereocenters. The van der Waals surface area contributed by atoms with Gasteiger partial charge < -0.3 is 84.5 Å². The van der Waals surface area contributed by atoms with E-state index in [0.717, 1.165) is 0 Å². The van der Waals surface area contributed by atoms with Gasteiger partial charge in [-0.15, -0.1) is 18.8 Å². The number of alkyl carbamates (subject to hydrolysis) is 4. The van der Waals surface area contributed by atoms with Crippen LogP contribution in [0.1, 0.15) is 169 Å². The van der Waals surface area contributed by atoms with Crippen LogP contribution >= 0.6 is 12.4 Å². The molecule has 0 aromatic carbocycles. The van der Waals surface area contributed by atoms with Crippen LogP contribution in [0.3, 0.4) is 0 Å². The van der Waals surface area contributed by atoms with E-state index in [1.807, 2.05) is 0 Å². The zero-order chi connectivity index (χ0) is 57.2. The summed E-state index contributed by atoms with van der Waals surface area (Å²) in [6.45, 7) is 31.8. The molecule has 2 rings (SSSR count). The van der Waals surface area contributed by atoms with Crippen LogP contribution in [0, 0.1) is 12.3 Å². The smallest absolute Gasteiger partial charge is 0.870 e. The Morgan fingerprint density at radius 3 is 1.25 bits per heavy atom. The number of ether oxygens (including phenoxy) is 6. The first-order chi connectivity index (χ1) is 32.9. The molecule has 2 aromatic rings. The third-order valence-corrected chi connectivity index (χ3v) is 6.47.